The summed E-state index contributed by atoms with van der Waals surface area (Å²) in [5.74, 6) is 1.81. The van der Waals surface area contributed by atoms with Crippen molar-refractivity contribution < 1.29 is 12.8 Å². The Morgan fingerprint density at radius 1 is 1.35 bits per heavy atom. The summed E-state index contributed by atoms with van der Waals surface area (Å²) >= 11 is 0. The zero-order valence-corrected chi connectivity index (χ0v) is 18.5. The van der Waals surface area contributed by atoms with Gasteiger partial charge in [0.1, 0.15) is 11.3 Å². The van der Waals surface area contributed by atoms with Gasteiger partial charge >= 0.3 is 0 Å². The van der Waals surface area contributed by atoms with Crippen LogP contribution >= 0.6 is 24.0 Å². The van der Waals surface area contributed by atoms with E-state index in [0.29, 0.717) is 19.6 Å². The van der Waals surface area contributed by atoms with E-state index < -0.39 is 14.6 Å². The van der Waals surface area contributed by atoms with Crippen LogP contribution in [0.1, 0.15) is 19.6 Å². The number of rotatable bonds is 3. The van der Waals surface area contributed by atoms with Crippen LogP contribution in [0.4, 0.5) is 0 Å². The van der Waals surface area contributed by atoms with Crippen molar-refractivity contribution in [3.8, 4) is 0 Å². The van der Waals surface area contributed by atoms with E-state index in [0.717, 1.165) is 29.1 Å². The lowest BCUT2D eigenvalue weighted by molar-refractivity contribution is 0.353. The molecule has 2 aromatic rings. The molecule has 0 amide bonds. The highest BCUT2D eigenvalue weighted by molar-refractivity contribution is 14.0. The third-order valence-electron chi connectivity index (χ3n) is 4.69. The predicted octanol–water partition coefficient (Wildman–Crippen LogP) is 2.68. The lowest BCUT2D eigenvalue weighted by Crippen LogP contribution is -2.57. The number of aliphatic imine (C=N–C) groups is 1. The molecule has 0 bridgehead atoms. The van der Waals surface area contributed by atoms with Crippen molar-refractivity contribution >= 4 is 50.7 Å². The first kappa shape index (κ1) is 21.0. The zero-order chi connectivity index (χ0) is 18.1. The van der Waals surface area contributed by atoms with Crippen LogP contribution in [0.5, 0.6) is 0 Å². The molecule has 0 atom stereocenters. The van der Waals surface area contributed by atoms with Crippen molar-refractivity contribution in [2.24, 2.45) is 4.99 Å². The maximum absolute atomic E-state index is 12.1. The van der Waals surface area contributed by atoms with Gasteiger partial charge in [0.15, 0.2) is 15.8 Å². The van der Waals surface area contributed by atoms with Gasteiger partial charge in [0.25, 0.3) is 0 Å². The van der Waals surface area contributed by atoms with E-state index in [1.165, 1.54) is 0 Å². The summed E-state index contributed by atoms with van der Waals surface area (Å²) in [5, 5.41) is 4.42. The van der Waals surface area contributed by atoms with Gasteiger partial charge < -0.3 is 14.6 Å². The van der Waals surface area contributed by atoms with E-state index in [1.807, 2.05) is 29.2 Å². The van der Waals surface area contributed by atoms with Gasteiger partial charge in [0, 0.05) is 38.5 Å². The molecule has 3 rings (SSSR count). The topological polar surface area (TPSA) is 74.9 Å². The summed E-state index contributed by atoms with van der Waals surface area (Å²) in [5.41, 5.74) is 0.893. The average molecular weight is 491 g/mol. The minimum Gasteiger partial charge on any atom is -0.461 e. The Morgan fingerprint density at radius 2 is 2.08 bits per heavy atom. The molecule has 1 aromatic heterocycles. The first-order valence-electron chi connectivity index (χ1n) is 8.48. The molecule has 6 nitrogen and oxygen atoms in total. The van der Waals surface area contributed by atoms with Crippen LogP contribution in [0.15, 0.2) is 39.7 Å². The summed E-state index contributed by atoms with van der Waals surface area (Å²) in [6.45, 7) is 5.14. The van der Waals surface area contributed by atoms with Crippen molar-refractivity contribution in [2.45, 2.75) is 25.0 Å². The van der Waals surface area contributed by atoms with E-state index in [2.05, 4.69) is 16.4 Å². The standard InChI is InChI=1S/C18H25N3O3S.HI/c1-18(2)13-21(10-11-25(18,22)23)17(19-3)20-9-8-15-12-14-6-4-5-7-16(14)24-15;/h4-7,12H,8-11,13H2,1-3H3,(H,19,20);1H. The molecule has 0 saturated carbocycles. The van der Waals surface area contributed by atoms with Gasteiger partial charge in [-0.3, -0.25) is 4.99 Å². The molecule has 2 heterocycles. The number of hydrogen-bond acceptors (Lipinski definition) is 4. The fourth-order valence-corrected chi connectivity index (χ4v) is 4.48. The minimum absolute atomic E-state index is 0. The number of guanidine groups is 1. The summed E-state index contributed by atoms with van der Waals surface area (Å²) in [7, 11) is -1.33. The molecule has 1 fully saturated rings. The Hall–Kier alpha value is -1.29. The van der Waals surface area contributed by atoms with Crippen LogP contribution in [0.2, 0.25) is 0 Å². The second kappa shape index (κ2) is 8.16. The van der Waals surface area contributed by atoms with Gasteiger partial charge in [-0.25, -0.2) is 8.42 Å². The van der Waals surface area contributed by atoms with Crippen molar-refractivity contribution in [3.05, 3.63) is 36.1 Å². The van der Waals surface area contributed by atoms with Crippen LogP contribution in [-0.2, 0) is 16.3 Å². The fourth-order valence-electron chi connectivity index (χ4n) is 3.11. The van der Waals surface area contributed by atoms with Crippen LogP contribution in [0.3, 0.4) is 0 Å². The van der Waals surface area contributed by atoms with Crippen LogP contribution in [0, 0.1) is 0 Å². The normalized spacial score (nSPS) is 19.2. The number of sulfone groups is 1. The number of halogens is 1. The molecule has 0 radical (unpaired) electrons. The summed E-state index contributed by atoms with van der Waals surface area (Å²) in [4.78, 5) is 6.32. The van der Waals surface area contributed by atoms with Crippen LogP contribution < -0.4 is 5.32 Å². The Morgan fingerprint density at radius 3 is 2.73 bits per heavy atom. The van der Waals surface area contributed by atoms with Gasteiger partial charge in [-0.2, -0.15) is 0 Å². The highest BCUT2D eigenvalue weighted by atomic mass is 127. The van der Waals surface area contributed by atoms with E-state index in [1.54, 1.807) is 20.9 Å². The summed E-state index contributed by atoms with van der Waals surface area (Å²) < 4.78 is 29.3. The molecule has 1 aliphatic rings. The first-order valence-corrected chi connectivity index (χ1v) is 10.1. The molecule has 26 heavy (non-hydrogen) atoms. The lowest BCUT2D eigenvalue weighted by Gasteiger charge is -2.39. The van der Waals surface area contributed by atoms with E-state index >= 15 is 0 Å². The van der Waals surface area contributed by atoms with Gasteiger partial charge in [0.2, 0.25) is 0 Å². The fraction of sp³-hybridized carbons (Fsp3) is 0.500. The zero-order valence-electron chi connectivity index (χ0n) is 15.4. The molecule has 144 valence electrons. The molecule has 0 spiro atoms. The highest BCUT2D eigenvalue weighted by Crippen LogP contribution is 2.23. The maximum Gasteiger partial charge on any atom is 0.193 e. The van der Waals surface area contributed by atoms with Gasteiger partial charge in [-0.1, -0.05) is 18.2 Å². The number of hydrogen-bond donors (Lipinski definition) is 1. The molecule has 0 aliphatic carbocycles. The van der Waals surface area contributed by atoms with Crippen molar-refractivity contribution in [1.29, 1.82) is 0 Å². The van der Waals surface area contributed by atoms with Gasteiger partial charge in [0.05, 0.1) is 10.5 Å². The molecule has 0 unspecified atom stereocenters. The Bertz CT molecular complexity index is 857. The number of fused-ring (bicyclic) bond motifs is 1. The third-order valence-corrected chi connectivity index (χ3v) is 7.22. The number of nitrogens with zero attached hydrogens (tertiary/aromatic N) is 2. The second-order valence-corrected chi connectivity index (χ2v) is 9.72. The Kier molecular flexibility index (Phi) is 6.60. The van der Waals surface area contributed by atoms with Gasteiger partial charge in [-0.15, -0.1) is 24.0 Å². The van der Waals surface area contributed by atoms with Crippen LogP contribution in [0.25, 0.3) is 11.0 Å². The second-order valence-electron chi connectivity index (χ2n) is 6.97. The van der Waals surface area contributed by atoms with E-state index in [9.17, 15) is 8.42 Å². The first-order chi connectivity index (χ1) is 11.8. The molecule has 8 heteroatoms. The lowest BCUT2D eigenvalue weighted by atomic mass is 10.2. The number of benzene rings is 1. The molecule has 1 saturated heterocycles. The average Bonchev–Trinajstić information content (AvgIpc) is 2.97. The quantitative estimate of drug-likeness (QED) is 0.406. The van der Waals surface area contributed by atoms with Gasteiger partial charge in [-0.05, 0) is 26.0 Å². The summed E-state index contributed by atoms with van der Waals surface area (Å²) in [6, 6.07) is 10.00. The third kappa shape index (κ3) is 4.33. The number of nitrogens with one attached hydrogen (secondary N) is 1. The molecule has 1 aliphatic heterocycles. The SMILES string of the molecule is CN=C(NCCc1cc2ccccc2o1)N1CCS(=O)(=O)C(C)(C)C1.I. The predicted molar refractivity (Wildman–Crippen MR) is 116 cm³/mol. The molecule has 1 N–H and O–H groups in total. The number of furan rings is 1. The van der Waals surface area contributed by atoms with Crippen LogP contribution in [-0.4, -0.2) is 56.5 Å². The monoisotopic (exact) mass is 491 g/mol. The van der Waals surface area contributed by atoms with E-state index in [-0.39, 0.29) is 29.7 Å². The number of para-hydroxylation sites is 1. The molecular formula is C18H26IN3O3S. The van der Waals surface area contributed by atoms with E-state index in [4.69, 9.17) is 4.42 Å². The van der Waals surface area contributed by atoms with Crippen molar-refractivity contribution in [1.82, 2.24) is 10.2 Å². The molecule has 1 aromatic carbocycles. The highest BCUT2D eigenvalue weighted by Gasteiger charge is 2.40. The maximum atomic E-state index is 12.1. The van der Waals surface area contributed by atoms with Crippen molar-refractivity contribution in [2.75, 3.05) is 32.4 Å². The molecular weight excluding hydrogens is 465 g/mol. The minimum atomic E-state index is -3.05. The smallest absolute Gasteiger partial charge is 0.193 e. The Balaban J connectivity index is 0.00000243. The Labute approximate surface area is 172 Å². The summed E-state index contributed by atoms with van der Waals surface area (Å²) in [6.07, 6.45) is 0.739. The largest absolute Gasteiger partial charge is 0.461 e. The van der Waals surface area contributed by atoms with Crippen molar-refractivity contribution in [3.63, 3.8) is 0 Å².